The third-order valence-electron chi connectivity index (χ3n) is 7.59. The molecular formula is C25H20F3N7O3. The van der Waals surface area contributed by atoms with E-state index in [-0.39, 0.29) is 45.7 Å². The van der Waals surface area contributed by atoms with Gasteiger partial charge < -0.3 is 15.2 Å². The van der Waals surface area contributed by atoms with Crippen molar-refractivity contribution >= 4 is 23.3 Å². The van der Waals surface area contributed by atoms with Gasteiger partial charge in [-0.2, -0.15) is 20.7 Å². The van der Waals surface area contributed by atoms with Crippen LogP contribution in [0.3, 0.4) is 0 Å². The number of Topliss-reactive ketones (excluding diaryl/α,β-unsaturated/α-hetero) is 1. The summed E-state index contributed by atoms with van der Waals surface area (Å²) in [5.74, 6) is -6.11. The molecule has 194 valence electrons. The van der Waals surface area contributed by atoms with Crippen molar-refractivity contribution in [3.8, 4) is 6.07 Å². The Balaban J connectivity index is 1.31. The van der Waals surface area contributed by atoms with Crippen molar-refractivity contribution in [3.05, 3.63) is 64.0 Å². The Morgan fingerprint density at radius 3 is 2.68 bits per heavy atom. The second-order valence-corrected chi connectivity index (χ2v) is 10.1. The minimum absolute atomic E-state index is 0.00347. The number of H-pyrrole nitrogens is 1. The number of hydrogen-bond acceptors (Lipinski definition) is 6. The van der Waals surface area contributed by atoms with Crippen molar-refractivity contribution in [3.63, 3.8) is 0 Å². The number of hydrogen-bond donors (Lipinski definition) is 3. The number of alkyl halides is 2. The van der Waals surface area contributed by atoms with Crippen LogP contribution in [0.2, 0.25) is 0 Å². The van der Waals surface area contributed by atoms with E-state index in [4.69, 9.17) is 5.26 Å². The second kappa shape index (κ2) is 8.01. The molecule has 6 rings (SSSR count). The fraction of sp³-hybridized carbons (Fsp3) is 0.360. The van der Waals surface area contributed by atoms with Gasteiger partial charge in [-0.3, -0.25) is 14.4 Å². The first-order valence-electron chi connectivity index (χ1n) is 11.9. The van der Waals surface area contributed by atoms with Crippen LogP contribution < -0.4 is 10.6 Å². The van der Waals surface area contributed by atoms with Crippen molar-refractivity contribution in [1.82, 2.24) is 25.3 Å². The Labute approximate surface area is 213 Å². The molecule has 1 aromatic carbocycles. The Morgan fingerprint density at radius 1 is 1.26 bits per heavy atom. The summed E-state index contributed by atoms with van der Waals surface area (Å²) in [6.07, 6.45) is 1.09. The number of anilines is 1. The second-order valence-electron chi connectivity index (χ2n) is 10.1. The van der Waals surface area contributed by atoms with Gasteiger partial charge in [0.15, 0.2) is 0 Å². The summed E-state index contributed by atoms with van der Waals surface area (Å²) >= 11 is 0. The highest BCUT2D eigenvalue weighted by Gasteiger charge is 2.60. The molecule has 2 aliphatic carbocycles. The highest BCUT2D eigenvalue weighted by Crippen LogP contribution is 2.55. The van der Waals surface area contributed by atoms with Crippen LogP contribution in [-0.4, -0.2) is 43.5 Å². The highest BCUT2D eigenvalue weighted by atomic mass is 19.3. The van der Waals surface area contributed by atoms with Gasteiger partial charge in [-0.25, -0.2) is 13.2 Å². The standard InChI is InChI=1S/C25H20F3N7O3/c1-11-19(21(36)23(38)32-24(9-25(27,28)10-24)18-8-30-34-33-18)17-6-12-5-16(12)35(17)20(11)22(37)31-14-2-3-15(26)13(4-14)7-29/h2-4,8,12,16H,5-6,9-10H2,1H3,(H,31,37)(H,32,38)(H,30,33,34)/t12-,16-/m1/s1. The average Bonchev–Trinajstić information content (AvgIpc) is 3.18. The number of benzene rings is 1. The van der Waals surface area contributed by atoms with Gasteiger partial charge in [0.2, 0.25) is 0 Å². The molecule has 13 heteroatoms. The van der Waals surface area contributed by atoms with Crippen molar-refractivity contribution in [2.45, 2.75) is 50.1 Å². The van der Waals surface area contributed by atoms with Crippen LogP contribution in [0.15, 0.2) is 24.4 Å². The molecule has 2 aromatic heterocycles. The maximum absolute atomic E-state index is 13.9. The van der Waals surface area contributed by atoms with Crippen LogP contribution in [0.5, 0.6) is 0 Å². The van der Waals surface area contributed by atoms with Gasteiger partial charge in [-0.1, -0.05) is 0 Å². The number of aromatic nitrogens is 4. The lowest BCUT2D eigenvalue weighted by Crippen LogP contribution is -2.61. The zero-order valence-corrected chi connectivity index (χ0v) is 19.9. The van der Waals surface area contributed by atoms with Gasteiger partial charge in [0.25, 0.3) is 23.5 Å². The molecule has 2 saturated carbocycles. The maximum Gasteiger partial charge on any atom is 0.293 e. The molecule has 1 aliphatic heterocycles. The number of nitrogens with zero attached hydrogens (tertiary/aromatic N) is 4. The quantitative estimate of drug-likeness (QED) is 0.335. The molecule has 3 heterocycles. The number of ketones is 1. The van der Waals surface area contributed by atoms with Gasteiger partial charge in [-0.05, 0) is 49.4 Å². The normalized spacial score (nSPS) is 21.4. The molecule has 10 nitrogen and oxygen atoms in total. The van der Waals surface area contributed by atoms with E-state index in [0.717, 1.165) is 12.5 Å². The summed E-state index contributed by atoms with van der Waals surface area (Å²) in [4.78, 5) is 39.9. The summed E-state index contributed by atoms with van der Waals surface area (Å²) in [6, 6.07) is 5.30. The van der Waals surface area contributed by atoms with E-state index in [2.05, 4.69) is 26.0 Å². The van der Waals surface area contributed by atoms with Crippen molar-refractivity contribution in [1.29, 1.82) is 5.26 Å². The lowest BCUT2D eigenvalue weighted by Gasteiger charge is -2.46. The highest BCUT2D eigenvalue weighted by molar-refractivity contribution is 6.44. The molecule has 0 saturated heterocycles. The molecule has 0 bridgehead atoms. The zero-order valence-electron chi connectivity index (χ0n) is 19.9. The first kappa shape index (κ1) is 23.9. The van der Waals surface area contributed by atoms with Gasteiger partial charge in [-0.15, -0.1) is 0 Å². The number of aromatic amines is 1. The van der Waals surface area contributed by atoms with Crippen LogP contribution in [0.4, 0.5) is 18.9 Å². The lowest BCUT2D eigenvalue weighted by molar-refractivity contribution is -0.148. The summed E-state index contributed by atoms with van der Waals surface area (Å²) < 4.78 is 43.2. The number of amides is 2. The number of nitriles is 1. The topological polar surface area (TPSA) is 146 Å². The van der Waals surface area contributed by atoms with E-state index < -0.39 is 47.7 Å². The molecule has 3 aromatic rings. The molecule has 38 heavy (non-hydrogen) atoms. The molecule has 0 radical (unpaired) electrons. The first-order chi connectivity index (χ1) is 18.0. The monoisotopic (exact) mass is 523 g/mol. The molecule has 3 aliphatic rings. The number of carbonyl (C=O) groups excluding carboxylic acids is 3. The smallest absolute Gasteiger partial charge is 0.293 e. The van der Waals surface area contributed by atoms with Gasteiger partial charge >= 0.3 is 0 Å². The predicted molar refractivity (Wildman–Crippen MR) is 124 cm³/mol. The Hall–Kier alpha value is -4.47. The van der Waals surface area contributed by atoms with Crippen LogP contribution in [-0.2, 0) is 16.8 Å². The zero-order chi connectivity index (χ0) is 27.0. The minimum atomic E-state index is -3.03. The molecule has 3 N–H and O–H groups in total. The molecule has 2 atom stereocenters. The van der Waals surface area contributed by atoms with Gasteiger partial charge in [0.05, 0.1) is 22.9 Å². The molecule has 0 spiro atoms. The average molecular weight is 523 g/mol. The Morgan fingerprint density at radius 2 is 2.03 bits per heavy atom. The molecule has 2 fully saturated rings. The van der Waals surface area contributed by atoms with Gasteiger partial charge in [0.1, 0.15) is 23.3 Å². The number of carbonyl (C=O) groups is 3. The van der Waals surface area contributed by atoms with Crippen LogP contribution in [0, 0.1) is 30.0 Å². The summed E-state index contributed by atoms with van der Waals surface area (Å²) in [7, 11) is 0. The molecule has 0 unspecified atom stereocenters. The number of halogens is 3. The third kappa shape index (κ3) is 3.59. The van der Waals surface area contributed by atoms with Crippen molar-refractivity contribution in [2.24, 2.45) is 5.92 Å². The van der Waals surface area contributed by atoms with E-state index in [1.165, 1.54) is 18.3 Å². The third-order valence-corrected chi connectivity index (χ3v) is 7.59. The fourth-order valence-electron chi connectivity index (χ4n) is 5.80. The molecular weight excluding hydrogens is 503 g/mol. The fourth-order valence-corrected chi connectivity index (χ4v) is 5.80. The number of rotatable bonds is 6. The van der Waals surface area contributed by atoms with Gasteiger partial charge in [0, 0.05) is 30.3 Å². The van der Waals surface area contributed by atoms with E-state index in [9.17, 15) is 27.6 Å². The van der Waals surface area contributed by atoms with Crippen molar-refractivity contribution < 1.29 is 27.6 Å². The predicted octanol–water partition coefficient (Wildman–Crippen LogP) is 2.92. The maximum atomic E-state index is 13.9. The summed E-state index contributed by atoms with van der Waals surface area (Å²) in [5.41, 5.74) is -0.412. The minimum Gasteiger partial charge on any atom is -0.337 e. The van der Waals surface area contributed by atoms with Crippen LogP contribution in [0.1, 0.15) is 68.7 Å². The Kier molecular flexibility index (Phi) is 5.04. The van der Waals surface area contributed by atoms with Crippen LogP contribution >= 0.6 is 0 Å². The van der Waals surface area contributed by atoms with E-state index in [0.29, 0.717) is 12.1 Å². The SMILES string of the molecule is Cc1c(C(=O)C(=O)NC2(c3cn[nH]n3)CC(F)(F)C2)c2n(c1C(=O)Nc1ccc(F)c(C#N)c1)[C@@H]1C[C@@H]1C2. The largest absolute Gasteiger partial charge is 0.337 e. The summed E-state index contributed by atoms with van der Waals surface area (Å²) in [6.45, 7) is 1.55. The van der Waals surface area contributed by atoms with E-state index in [1.807, 2.05) is 0 Å². The lowest BCUT2D eigenvalue weighted by atomic mass is 9.71. The first-order valence-corrected chi connectivity index (χ1v) is 11.9. The van der Waals surface area contributed by atoms with Crippen LogP contribution in [0.25, 0.3) is 0 Å². The molecule has 2 amide bonds. The van der Waals surface area contributed by atoms with Crippen molar-refractivity contribution in [2.75, 3.05) is 5.32 Å². The summed E-state index contributed by atoms with van der Waals surface area (Å²) in [5, 5.41) is 24.0. The van der Waals surface area contributed by atoms with E-state index in [1.54, 1.807) is 17.6 Å². The van der Waals surface area contributed by atoms with E-state index >= 15 is 0 Å². The Bertz CT molecular complexity index is 1560. The number of nitrogens with one attached hydrogen (secondary N) is 3. The number of fused-ring (bicyclic) bond motifs is 3.